The lowest BCUT2D eigenvalue weighted by Gasteiger charge is -2.20. The third-order valence-corrected chi connectivity index (χ3v) is 4.48. The molecule has 1 aromatic heterocycles. The molecule has 0 bridgehead atoms. The summed E-state index contributed by atoms with van der Waals surface area (Å²) in [6.07, 6.45) is 5.56. The Kier molecular flexibility index (Phi) is 6.44. The van der Waals surface area contributed by atoms with Gasteiger partial charge in [0.2, 0.25) is 0 Å². The van der Waals surface area contributed by atoms with E-state index in [1.165, 1.54) is 5.56 Å². The molecule has 25 heavy (non-hydrogen) atoms. The van der Waals surface area contributed by atoms with Crippen molar-refractivity contribution in [1.82, 2.24) is 9.88 Å². The van der Waals surface area contributed by atoms with Crippen molar-refractivity contribution in [3.8, 4) is 0 Å². The zero-order valence-corrected chi connectivity index (χ0v) is 14.4. The van der Waals surface area contributed by atoms with E-state index in [0.717, 1.165) is 36.2 Å². The fourth-order valence-corrected chi connectivity index (χ4v) is 3.16. The number of hydrogen-bond donors (Lipinski definition) is 1. The van der Waals surface area contributed by atoms with Gasteiger partial charge in [-0.2, -0.15) is 0 Å². The highest BCUT2D eigenvalue weighted by atomic mass is 16.4. The van der Waals surface area contributed by atoms with E-state index < -0.39 is 5.97 Å². The molecule has 0 amide bonds. The summed E-state index contributed by atoms with van der Waals surface area (Å²) in [5, 5.41) is 9.34. The smallest absolute Gasteiger partial charge is 0.320 e. The molecule has 0 aliphatic carbocycles. The van der Waals surface area contributed by atoms with Crippen molar-refractivity contribution in [2.24, 2.45) is 0 Å². The van der Waals surface area contributed by atoms with E-state index in [0.29, 0.717) is 6.54 Å². The molecule has 5 heteroatoms. The number of carboxylic acids is 1. The largest absolute Gasteiger partial charge is 0.480 e. The number of aliphatic carboxylic acids is 1. The third-order valence-electron chi connectivity index (χ3n) is 4.48. The minimum Gasteiger partial charge on any atom is -0.480 e. The molecule has 132 valence electrons. The summed E-state index contributed by atoms with van der Waals surface area (Å²) in [4.78, 5) is 17.9. The Morgan fingerprint density at radius 1 is 1.28 bits per heavy atom. The number of nitrogens with zero attached hydrogens (tertiary/aromatic N) is 2. The predicted molar refractivity (Wildman–Crippen MR) is 98.3 cm³/mol. The van der Waals surface area contributed by atoms with Crippen LogP contribution < -0.4 is 0 Å². The normalized spacial score (nSPS) is 18.0. The van der Waals surface area contributed by atoms with E-state index in [9.17, 15) is 9.90 Å². The van der Waals surface area contributed by atoms with Crippen molar-refractivity contribution in [1.29, 1.82) is 0 Å². The van der Waals surface area contributed by atoms with E-state index in [-0.39, 0.29) is 11.5 Å². The first-order valence-electron chi connectivity index (χ1n) is 8.30. The highest BCUT2D eigenvalue weighted by Gasteiger charge is 2.29. The fourth-order valence-electron chi connectivity index (χ4n) is 3.16. The Labute approximate surface area is 147 Å². The molecule has 2 aromatic rings. The standard InChI is InChI=1S/C20H22N2O2.H2O/c1-15-7-9-16(10-8-15)17(18-5-2-3-12-21-18)11-14-22-13-4-6-19(22)20(23)24;/h2-3,5,7-12,19H,4,6,13-14H2,1H3,(H,23,24);1H2/b17-11+;. The topological polar surface area (TPSA) is 84.9 Å². The van der Waals surface area contributed by atoms with Crippen LogP contribution in [0.4, 0.5) is 0 Å². The summed E-state index contributed by atoms with van der Waals surface area (Å²) in [6, 6.07) is 13.8. The number of benzene rings is 1. The summed E-state index contributed by atoms with van der Waals surface area (Å²) in [5.41, 5.74) is 4.27. The highest BCUT2D eigenvalue weighted by Crippen LogP contribution is 2.24. The molecule has 1 fully saturated rings. The summed E-state index contributed by atoms with van der Waals surface area (Å²) in [5.74, 6) is -0.726. The van der Waals surface area contributed by atoms with Gasteiger partial charge in [-0.15, -0.1) is 0 Å². The van der Waals surface area contributed by atoms with Gasteiger partial charge in [0, 0.05) is 18.3 Å². The minimum atomic E-state index is -0.726. The van der Waals surface area contributed by atoms with Gasteiger partial charge in [-0.1, -0.05) is 42.0 Å². The molecule has 1 aliphatic rings. The molecular weight excluding hydrogens is 316 g/mol. The number of hydrogen-bond acceptors (Lipinski definition) is 3. The van der Waals surface area contributed by atoms with Gasteiger partial charge >= 0.3 is 5.97 Å². The maximum atomic E-state index is 11.4. The van der Waals surface area contributed by atoms with Gasteiger partial charge < -0.3 is 10.6 Å². The maximum absolute atomic E-state index is 11.4. The maximum Gasteiger partial charge on any atom is 0.320 e. The predicted octanol–water partition coefficient (Wildman–Crippen LogP) is 2.55. The molecule has 1 aliphatic heterocycles. The van der Waals surface area contributed by atoms with Gasteiger partial charge in [0.05, 0.1) is 5.69 Å². The molecule has 2 heterocycles. The summed E-state index contributed by atoms with van der Waals surface area (Å²) < 4.78 is 0. The zero-order chi connectivity index (χ0) is 16.9. The Bertz CT molecular complexity index is 726. The number of aryl methyl sites for hydroxylation is 1. The fraction of sp³-hybridized carbons (Fsp3) is 0.300. The lowest BCUT2D eigenvalue weighted by molar-refractivity contribution is -0.141. The van der Waals surface area contributed by atoms with Crippen LogP contribution in [0.3, 0.4) is 0 Å². The molecule has 0 saturated carbocycles. The van der Waals surface area contributed by atoms with Crippen LogP contribution >= 0.6 is 0 Å². The van der Waals surface area contributed by atoms with Gasteiger partial charge in [0.15, 0.2) is 0 Å². The van der Waals surface area contributed by atoms with Crippen LogP contribution in [0.2, 0.25) is 0 Å². The minimum absolute atomic E-state index is 0. The Morgan fingerprint density at radius 2 is 2.04 bits per heavy atom. The molecule has 0 radical (unpaired) electrons. The van der Waals surface area contributed by atoms with Crippen LogP contribution in [0.25, 0.3) is 5.57 Å². The van der Waals surface area contributed by atoms with Crippen LogP contribution in [-0.4, -0.2) is 45.6 Å². The number of carboxylic acid groups (broad SMARTS) is 1. The third kappa shape index (κ3) is 4.53. The second kappa shape index (κ2) is 8.55. The van der Waals surface area contributed by atoms with E-state index in [1.54, 1.807) is 6.20 Å². The van der Waals surface area contributed by atoms with E-state index in [2.05, 4.69) is 42.2 Å². The molecule has 0 spiro atoms. The van der Waals surface area contributed by atoms with Crippen molar-refractivity contribution >= 4 is 11.5 Å². The van der Waals surface area contributed by atoms with Crippen LogP contribution in [0.15, 0.2) is 54.7 Å². The lowest BCUT2D eigenvalue weighted by atomic mass is 10.0. The number of rotatable bonds is 5. The van der Waals surface area contributed by atoms with Crippen molar-refractivity contribution < 1.29 is 15.4 Å². The average Bonchev–Trinajstić information content (AvgIpc) is 3.06. The summed E-state index contributed by atoms with van der Waals surface area (Å²) in [6.45, 7) is 3.52. The molecule has 1 saturated heterocycles. The lowest BCUT2D eigenvalue weighted by Crippen LogP contribution is -2.36. The Morgan fingerprint density at radius 3 is 2.68 bits per heavy atom. The molecule has 3 rings (SSSR count). The average molecular weight is 340 g/mol. The quantitative estimate of drug-likeness (QED) is 0.906. The van der Waals surface area contributed by atoms with Gasteiger partial charge in [-0.3, -0.25) is 14.7 Å². The summed E-state index contributed by atoms with van der Waals surface area (Å²) in [7, 11) is 0. The number of likely N-dealkylation sites (tertiary alicyclic amines) is 1. The Balaban J connectivity index is 0.00000225. The zero-order valence-electron chi connectivity index (χ0n) is 14.4. The molecular formula is C20H24N2O3. The second-order valence-electron chi connectivity index (χ2n) is 6.19. The molecule has 1 unspecified atom stereocenters. The van der Waals surface area contributed by atoms with E-state index >= 15 is 0 Å². The van der Waals surface area contributed by atoms with Crippen molar-refractivity contribution in [2.75, 3.05) is 13.1 Å². The molecule has 5 nitrogen and oxygen atoms in total. The van der Waals surface area contributed by atoms with E-state index in [4.69, 9.17) is 0 Å². The number of pyridine rings is 1. The number of aromatic nitrogens is 1. The van der Waals surface area contributed by atoms with Crippen molar-refractivity contribution in [3.63, 3.8) is 0 Å². The van der Waals surface area contributed by atoms with Crippen molar-refractivity contribution in [2.45, 2.75) is 25.8 Å². The summed E-state index contributed by atoms with van der Waals surface area (Å²) >= 11 is 0. The number of carbonyl (C=O) groups is 1. The van der Waals surface area contributed by atoms with Crippen LogP contribution in [0, 0.1) is 6.92 Å². The van der Waals surface area contributed by atoms with Gasteiger partial charge in [-0.05, 0) is 44.0 Å². The van der Waals surface area contributed by atoms with Gasteiger partial charge in [0.1, 0.15) is 6.04 Å². The monoisotopic (exact) mass is 340 g/mol. The first kappa shape index (κ1) is 18.8. The Hall–Kier alpha value is -2.50. The van der Waals surface area contributed by atoms with Crippen molar-refractivity contribution in [3.05, 3.63) is 71.6 Å². The van der Waals surface area contributed by atoms with Gasteiger partial charge in [-0.25, -0.2) is 0 Å². The second-order valence-corrected chi connectivity index (χ2v) is 6.19. The first-order valence-corrected chi connectivity index (χ1v) is 8.30. The molecule has 3 N–H and O–H groups in total. The molecule has 1 aromatic carbocycles. The van der Waals surface area contributed by atoms with E-state index in [1.807, 2.05) is 23.1 Å². The molecule has 1 atom stereocenters. The van der Waals surface area contributed by atoms with Gasteiger partial charge in [0.25, 0.3) is 0 Å². The highest BCUT2D eigenvalue weighted by molar-refractivity contribution is 5.78. The first-order chi connectivity index (χ1) is 11.6. The van der Waals surface area contributed by atoms with Crippen LogP contribution in [0.1, 0.15) is 29.7 Å². The van der Waals surface area contributed by atoms with Crippen LogP contribution in [-0.2, 0) is 4.79 Å². The van der Waals surface area contributed by atoms with Crippen LogP contribution in [0.5, 0.6) is 0 Å². The SMILES string of the molecule is Cc1ccc(/C(=C\CN2CCCC2C(=O)O)c2ccccn2)cc1.O.